The molecule has 0 atom stereocenters. The molecule has 3 N–H and O–H groups in total. The van der Waals surface area contributed by atoms with E-state index in [9.17, 15) is 0 Å². The van der Waals surface area contributed by atoms with Crippen molar-refractivity contribution in [2.24, 2.45) is 5.84 Å². The molecule has 0 bridgehead atoms. The van der Waals surface area contributed by atoms with Crippen LogP contribution in [0.2, 0.25) is 0 Å². The van der Waals surface area contributed by atoms with Crippen LogP contribution < -0.4 is 11.3 Å². The Bertz CT molecular complexity index is 487. The second-order valence-electron chi connectivity index (χ2n) is 2.80. The molecule has 0 aliphatic carbocycles. The lowest BCUT2D eigenvalue weighted by atomic mass is 10.2. The number of anilines is 1. The van der Waals surface area contributed by atoms with E-state index in [-0.39, 0.29) is 0 Å². The summed E-state index contributed by atoms with van der Waals surface area (Å²) in [5.74, 6) is 5.96. The highest BCUT2D eigenvalue weighted by atomic mass is 127. The topological polar surface area (TPSA) is 50.9 Å². The zero-order valence-corrected chi connectivity index (χ0v) is 10.8. The summed E-state index contributed by atoms with van der Waals surface area (Å²) in [5, 5.41) is 1.10. The van der Waals surface area contributed by atoms with Gasteiger partial charge in [-0.2, -0.15) is 0 Å². The number of hydrazine groups is 1. The molecule has 72 valence electrons. The number of rotatable bonds is 1. The highest BCUT2D eigenvalue weighted by Gasteiger charge is 2.02. The van der Waals surface area contributed by atoms with Crippen molar-refractivity contribution < 1.29 is 0 Å². The van der Waals surface area contributed by atoms with Crippen molar-refractivity contribution in [1.82, 2.24) is 4.98 Å². The number of hydrogen-bond donors (Lipinski definition) is 2. The van der Waals surface area contributed by atoms with Crippen molar-refractivity contribution in [3.8, 4) is 0 Å². The van der Waals surface area contributed by atoms with Gasteiger partial charge in [0.25, 0.3) is 0 Å². The highest BCUT2D eigenvalue weighted by Crippen LogP contribution is 2.26. The summed E-state index contributed by atoms with van der Waals surface area (Å²) in [7, 11) is 0. The molecule has 1 aromatic carbocycles. The van der Waals surface area contributed by atoms with E-state index < -0.39 is 0 Å². The van der Waals surface area contributed by atoms with E-state index in [2.05, 4.69) is 55.0 Å². The number of hydrogen-bond acceptors (Lipinski definition) is 3. The van der Waals surface area contributed by atoms with Crippen molar-refractivity contribution in [1.29, 1.82) is 0 Å². The van der Waals surface area contributed by atoms with Gasteiger partial charge >= 0.3 is 0 Å². The Balaban J connectivity index is 2.75. The lowest BCUT2D eigenvalue weighted by Gasteiger charge is -2.04. The van der Waals surface area contributed by atoms with Crippen LogP contribution in [0.25, 0.3) is 10.9 Å². The van der Waals surface area contributed by atoms with Gasteiger partial charge in [0.05, 0.1) is 5.52 Å². The van der Waals surface area contributed by atoms with E-state index in [0.717, 1.165) is 15.4 Å². The first-order valence-electron chi connectivity index (χ1n) is 3.93. The summed E-state index contributed by atoms with van der Waals surface area (Å²) in [6, 6.07) is 7.94. The molecular formula is C9H7BrIN3. The van der Waals surface area contributed by atoms with Gasteiger partial charge in [0.1, 0.15) is 5.82 Å². The number of fused-ring (bicyclic) bond motifs is 1. The van der Waals surface area contributed by atoms with Gasteiger partial charge in [0.15, 0.2) is 0 Å². The fourth-order valence-corrected chi connectivity index (χ4v) is 2.88. The zero-order chi connectivity index (χ0) is 10.1. The molecule has 0 aliphatic heterocycles. The van der Waals surface area contributed by atoms with E-state index >= 15 is 0 Å². The highest BCUT2D eigenvalue weighted by molar-refractivity contribution is 14.1. The summed E-state index contributed by atoms with van der Waals surface area (Å²) < 4.78 is 2.16. The van der Waals surface area contributed by atoms with Crippen molar-refractivity contribution >= 4 is 55.2 Å². The van der Waals surface area contributed by atoms with Crippen LogP contribution in [0, 0.1) is 3.57 Å². The van der Waals surface area contributed by atoms with Gasteiger partial charge in [-0.1, -0.05) is 0 Å². The van der Waals surface area contributed by atoms with Crippen LogP contribution in [-0.2, 0) is 0 Å². The third-order valence-electron chi connectivity index (χ3n) is 1.86. The van der Waals surface area contributed by atoms with E-state index in [1.165, 1.54) is 3.57 Å². The monoisotopic (exact) mass is 363 g/mol. The normalized spacial score (nSPS) is 10.5. The average molecular weight is 364 g/mol. The van der Waals surface area contributed by atoms with E-state index in [4.69, 9.17) is 5.84 Å². The molecule has 1 aromatic heterocycles. The van der Waals surface area contributed by atoms with Crippen molar-refractivity contribution in [2.75, 3.05) is 5.43 Å². The third kappa shape index (κ3) is 1.84. The van der Waals surface area contributed by atoms with Gasteiger partial charge in [-0.15, -0.1) is 0 Å². The number of pyridine rings is 1. The predicted molar refractivity (Wildman–Crippen MR) is 70.0 cm³/mol. The van der Waals surface area contributed by atoms with Gasteiger partial charge < -0.3 is 5.43 Å². The fourth-order valence-electron chi connectivity index (χ4n) is 1.24. The summed E-state index contributed by atoms with van der Waals surface area (Å²) in [4.78, 5) is 4.35. The van der Waals surface area contributed by atoms with Crippen LogP contribution in [0.15, 0.2) is 28.7 Å². The molecular weight excluding hydrogens is 357 g/mol. The average Bonchev–Trinajstić information content (AvgIpc) is 2.17. The minimum absolute atomic E-state index is 0.666. The number of nitrogens with zero attached hydrogens (tertiary/aromatic N) is 1. The second kappa shape index (κ2) is 4.00. The van der Waals surface area contributed by atoms with E-state index in [1.807, 2.05) is 18.2 Å². The maximum atomic E-state index is 5.29. The maximum Gasteiger partial charge on any atom is 0.140 e. The summed E-state index contributed by atoms with van der Waals surface area (Å²) in [6.45, 7) is 0. The van der Waals surface area contributed by atoms with Crippen LogP contribution in [0.1, 0.15) is 0 Å². The summed E-state index contributed by atoms with van der Waals surface area (Å²) in [6.07, 6.45) is 0. The first kappa shape index (κ1) is 10.1. The van der Waals surface area contributed by atoms with Gasteiger partial charge in [-0.25, -0.2) is 10.8 Å². The molecule has 0 saturated heterocycles. The first-order chi connectivity index (χ1) is 6.70. The molecule has 0 saturated carbocycles. The Kier molecular flexibility index (Phi) is 2.89. The lowest BCUT2D eigenvalue weighted by molar-refractivity contribution is 1.26. The van der Waals surface area contributed by atoms with Gasteiger partial charge in [-0.05, 0) is 62.8 Å². The Morgan fingerprint density at radius 1 is 1.36 bits per heavy atom. The minimum atomic E-state index is 0.666. The SMILES string of the molecule is NNc1ccc2cc(I)cc(Br)c2n1. The molecule has 0 fully saturated rings. The molecule has 5 heteroatoms. The van der Waals surface area contributed by atoms with Crippen molar-refractivity contribution in [3.05, 3.63) is 32.3 Å². The van der Waals surface area contributed by atoms with E-state index in [0.29, 0.717) is 5.82 Å². The quantitative estimate of drug-likeness (QED) is 0.465. The molecule has 2 aromatic rings. The lowest BCUT2D eigenvalue weighted by Crippen LogP contribution is -2.08. The molecule has 0 unspecified atom stereocenters. The van der Waals surface area contributed by atoms with E-state index in [1.54, 1.807) is 0 Å². The van der Waals surface area contributed by atoms with Crippen LogP contribution in [0.4, 0.5) is 5.82 Å². The predicted octanol–water partition coefficient (Wildman–Crippen LogP) is 2.89. The number of halogens is 2. The van der Waals surface area contributed by atoms with Gasteiger partial charge in [0.2, 0.25) is 0 Å². The summed E-state index contributed by atoms with van der Waals surface area (Å²) in [5.41, 5.74) is 3.44. The molecule has 0 aliphatic rings. The zero-order valence-electron chi connectivity index (χ0n) is 7.09. The van der Waals surface area contributed by atoms with Crippen molar-refractivity contribution in [3.63, 3.8) is 0 Å². The van der Waals surface area contributed by atoms with Gasteiger partial charge in [0, 0.05) is 13.4 Å². The number of nitrogens with two attached hydrogens (primary N) is 1. The largest absolute Gasteiger partial charge is 0.308 e. The number of benzene rings is 1. The Morgan fingerprint density at radius 2 is 2.14 bits per heavy atom. The Hall–Kier alpha value is -0.400. The molecule has 1 heterocycles. The molecule has 14 heavy (non-hydrogen) atoms. The molecule has 0 radical (unpaired) electrons. The number of nitrogen functional groups attached to an aromatic ring is 1. The van der Waals surface area contributed by atoms with Crippen LogP contribution in [0.3, 0.4) is 0 Å². The summed E-state index contributed by atoms with van der Waals surface area (Å²) >= 11 is 5.75. The fraction of sp³-hybridized carbons (Fsp3) is 0. The second-order valence-corrected chi connectivity index (χ2v) is 4.90. The molecule has 2 rings (SSSR count). The van der Waals surface area contributed by atoms with Gasteiger partial charge in [-0.3, -0.25) is 0 Å². The Morgan fingerprint density at radius 3 is 2.86 bits per heavy atom. The first-order valence-corrected chi connectivity index (χ1v) is 5.80. The molecule has 0 amide bonds. The molecule has 3 nitrogen and oxygen atoms in total. The third-order valence-corrected chi connectivity index (χ3v) is 3.09. The smallest absolute Gasteiger partial charge is 0.140 e. The van der Waals surface area contributed by atoms with Crippen molar-refractivity contribution in [2.45, 2.75) is 0 Å². The molecule has 0 spiro atoms. The number of nitrogens with one attached hydrogen (secondary N) is 1. The standard InChI is InChI=1S/C9H7BrIN3/c10-7-4-6(11)3-5-1-2-8(14-12)13-9(5)7/h1-4H,12H2,(H,13,14). The van der Waals surface area contributed by atoms with Crippen LogP contribution >= 0.6 is 38.5 Å². The van der Waals surface area contributed by atoms with Crippen LogP contribution in [-0.4, -0.2) is 4.98 Å². The minimum Gasteiger partial charge on any atom is -0.308 e. The Labute approximate surface area is 103 Å². The number of aromatic nitrogens is 1. The van der Waals surface area contributed by atoms with Crippen LogP contribution in [0.5, 0.6) is 0 Å². The maximum absolute atomic E-state index is 5.29.